The monoisotopic (exact) mass is 303 g/mol. The van der Waals surface area contributed by atoms with Crippen LogP contribution in [0.25, 0.3) is 6.08 Å². The zero-order chi connectivity index (χ0) is 12.4. The van der Waals surface area contributed by atoms with Crippen molar-refractivity contribution in [3.8, 4) is 0 Å². The minimum Gasteiger partial charge on any atom is -0.279 e. The van der Waals surface area contributed by atoms with Crippen LogP contribution in [0.1, 0.15) is 5.56 Å². The molecule has 0 aromatic heterocycles. The summed E-state index contributed by atoms with van der Waals surface area (Å²) in [7, 11) is 0. The van der Waals surface area contributed by atoms with Crippen LogP contribution >= 0.6 is 46.7 Å². The van der Waals surface area contributed by atoms with E-state index in [1.165, 1.54) is 11.8 Å². The summed E-state index contributed by atoms with van der Waals surface area (Å²) in [6.45, 7) is 0. The van der Waals surface area contributed by atoms with Crippen molar-refractivity contribution >= 4 is 62.3 Å². The highest BCUT2D eigenvalue weighted by Crippen LogP contribution is 2.30. The van der Waals surface area contributed by atoms with Gasteiger partial charge >= 0.3 is 0 Å². The number of carbonyl (C=O) groups is 1. The van der Waals surface area contributed by atoms with Gasteiger partial charge in [0.15, 0.2) is 0 Å². The van der Waals surface area contributed by atoms with Crippen LogP contribution in [0.4, 0.5) is 0 Å². The van der Waals surface area contributed by atoms with E-state index in [9.17, 15) is 4.79 Å². The lowest BCUT2D eigenvalue weighted by atomic mass is 10.2. The summed E-state index contributed by atoms with van der Waals surface area (Å²) in [4.78, 5) is 15.8. The van der Waals surface area contributed by atoms with E-state index in [2.05, 4.69) is 4.99 Å². The molecule has 2 rings (SSSR count). The third-order valence-electron chi connectivity index (χ3n) is 2.02. The topological polar surface area (TPSA) is 29.4 Å². The number of aliphatic imine (C=N–C) groups is 1. The van der Waals surface area contributed by atoms with Crippen LogP contribution in [-0.2, 0) is 4.79 Å². The fraction of sp³-hybridized carbons (Fsp3) is 0.0909. The number of rotatable bonds is 1. The van der Waals surface area contributed by atoms with Gasteiger partial charge < -0.3 is 0 Å². The number of benzene rings is 1. The van der Waals surface area contributed by atoms with E-state index in [1.54, 1.807) is 24.3 Å². The van der Waals surface area contributed by atoms with E-state index in [1.807, 2.05) is 6.26 Å². The third-order valence-corrected chi connectivity index (χ3v) is 4.61. The molecule has 0 saturated carbocycles. The minimum atomic E-state index is -0.0413. The van der Waals surface area contributed by atoms with Gasteiger partial charge in [0.25, 0.3) is 0 Å². The standard InChI is InChI=1S/C11H7Cl2NOS2/c1-16-11-14-9(10(15)17-11)5-6-2-3-7(12)8(13)4-6/h2-5H,1H3/b9-5+. The molecule has 2 nitrogen and oxygen atoms in total. The van der Waals surface area contributed by atoms with Crippen LogP contribution in [0.2, 0.25) is 10.0 Å². The number of hydrogen-bond donors (Lipinski definition) is 0. The highest BCUT2D eigenvalue weighted by molar-refractivity contribution is 8.45. The molecule has 0 bridgehead atoms. The van der Waals surface area contributed by atoms with Gasteiger partial charge in [0.2, 0.25) is 5.12 Å². The molecule has 0 N–H and O–H groups in total. The van der Waals surface area contributed by atoms with Gasteiger partial charge in [-0.25, -0.2) is 4.99 Å². The zero-order valence-corrected chi connectivity index (χ0v) is 11.9. The fourth-order valence-corrected chi connectivity index (χ4v) is 2.81. The Morgan fingerprint density at radius 3 is 2.71 bits per heavy atom. The molecule has 0 amide bonds. The van der Waals surface area contributed by atoms with Crippen molar-refractivity contribution in [2.75, 3.05) is 6.26 Å². The molecule has 0 aliphatic carbocycles. The molecule has 1 heterocycles. The molecule has 17 heavy (non-hydrogen) atoms. The van der Waals surface area contributed by atoms with Crippen LogP contribution < -0.4 is 0 Å². The van der Waals surface area contributed by atoms with Gasteiger partial charge in [-0.3, -0.25) is 4.79 Å². The number of hydrogen-bond acceptors (Lipinski definition) is 4. The first-order chi connectivity index (χ1) is 8.10. The van der Waals surface area contributed by atoms with Gasteiger partial charge in [-0.15, -0.1) is 11.8 Å². The summed E-state index contributed by atoms with van der Waals surface area (Å²) in [6, 6.07) is 5.20. The average molecular weight is 304 g/mol. The van der Waals surface area contributed by atoms with Crippen LogP contribution in [0.5, 0.6) is 0 Å². The average Bonchev–Trinajstić information content (AvgIpc) is 2.65. The highest BCUT2D eigenvalue weighted by atomic mass is 35.5. The van der Waals surface area contributed by atoms with Crippen molar-refractivity contribution in [3.05, 3.63) is 39.5 Å². The first kappa shape index (κ1) is 13.0. The van der Waals surface area contributed by atoms with Gasteiger partial charge in [0.05, 0.1) is 10.0 Å². The van der Waals surface area contributed by atoms with E-state index < -0.39 is 0 Å². The number of carbonyl (C=O) groups excluding carboxylic acids is 1. The van der Waals surface area contributed by atoms with Crippen molar-refractivity contribution in [1.29, 1.82) is 0 Å². The molecule has 0 radical (unpaired) electrons. The molecule has 88 valence electrons. The van der Waals surface area contributed by atoms with Gasteiger partial charge in [-0.1, -0.05) is 29.3 Å². The Hall–Kier alpha value is -0.420. The van der Waals surface area contributed by atoms with Gasteiger partial charge in [0, 0.05) is 0 Å². The minimum absolute atomic E-state index is 0.0413. The van der Waals surface area contributed by atoms with E-state index in [4.69, 9.17) is 23.2 Å². The summed E-state index contributed by atoms with van der Waals surface area (Å²) >= 11 is 14.3. The lowest BCUT2D eigenvalue weighted by Gasteiger charge is -1.98. The number of halogens is 2. The van der Waals surface area contributed by atoms with Crippen LogP contribution in [-0.4, -0.2) is 15.7 Å². The first-order valence-corrected chi connectivity index (χ1v) is 7.41. The maximum atomic E-state index is 11.6. The Morgan fingerprint density at radius 1 is 1.35 bits per heavy atom. The summed E-state index contributed by atoms with van der Waals surface area (Å²) in [5, 5.41) is 0.919. The van der Waals surface area contributed by atoms with Gasteiger partial charge in [-0.05, 0) is 41.8 Å². The molecule has 1 aliphatic rings. The van der Waals surface area contributed by atoms with E-state index in [0.29, 0.717) is 15.7 Å². The fourth-order valence-electron chi connectivity index (χ4n) is 1.24. The summed E-state index contributed by atoms with van der Waals surface area (Å²) in [6.07, 6.45) is 3.60. The smallest absolute Gasteiger partial charge is 0.244 e. The van der Waals surface area contributed by atoms with E-state index in [-0.39, 0.29) is 5.12 Å². The second-order valence-electron chi connectivity index (χ2n) is 3.17. The molecule has 1 aliphatic heterocycles. The second-order valence-corrected chi connectivity index (χ2v) is 6.00. The van der Waals surface area contributed by atoms with E-state index >= 15 is 0 Å². The lowest BCUT2D eigenvalue weighted by molar-refractivity contribution is -0.107. The molecule has 1 aromatic rings. The molecular weight excluding hydrogens is 297 g/mol. The summed E-state index contributed by atoms with van der Waals surface area (Å²) in [5.41, 5.74) is 1.26. The Kier molecular flexibility index (Phi) is 4.20. The zero-order valence-electron chi connectivity index (χ0n) is 8.74. The molecule has 0 spiro atoms. The maximum Gasteiger partial charge on any atom is 0.244 e. The van der Waals surface area contributed by atoms with Crippen LogP contribution in [0.3, 0.4) is 0 Å². The summed E-state index contributed by atoms with van der Waals surface area (Å²) in [5.74, 6) is 0. The Labute approximate surface area is 117 Å². The number of thioether (sulfide) groups is 2. The molecule has 1 aromatic carbocycles. The maximum absolute atomic E-state index is 11.6. The van der Waals surface area contributed by atoms with Crippen molar-refractivity contribution in [2.45, 2.75) is 0 Å². The molecule has 0 fully saturated rings. The van der Waals surface area contributed by atoms with Gasteiger partial charge in [-0.2, -0.15) is 0 Å². The Bertz CT molecular complexity index is 540. The van der Waals surface area contributed by atoms with Crippen molar-refractivity contribution < 1.29 is 4.79 Å². The normalized spacial score (nSPS) is 17.7. The van der Waals surface area contributed by atoms with E-state index in [0.717, 1.165) is 21.7 Å². The summed E-state index contributed by atoms with van der Waals surface area (Å²) < 4.78 is 0.765. The predicted octanol–water partition coefficient (Wildman–Crippen LogP) is 4.33. The first-order valence-electron chi connectivity index (χ1n) is 4.62. The molecular formula is C11H7Cl2NOS2. The largest absolute Gasteiger partial charge is 0.279 e. The van der Waals surface area contributed by atoms with Crippen molar-refractivity contribution in [1.82, 2.24) is 0 Å². The SMILES string of the molecule is CSC1=N/C(=C/c2ccc(Cl)c(Cl)c2)C(=O)S1. The van der Waals surface area contributed by atoms with Crippen molar-refractivity contribution in [3.63, 3.8) is 0 Å². The predicted molar refractivity (Wildman–Crippen MR) is 78.0 cm³/mol. The third kappa shape index (κ3) is 3.07. The van der Waals surface area contributed by atoms with Crippen molar-refractivity contribution in [2.24, 2.45) is 4.99 Å². The Balaban J connectivity index is 2.33. The quantitative estimate of drug-likeness (QED) is 0.723. The lowest BCUT2D eigenvalue weighted by Crippen LogP contribution is -1.87. The van der Waals surface area contributed by atoms with Crippen LogP contribution in [0, 0.1) is 0 Å². The Morgan fingerprint density at radius 2 is 2.12 bits per heavy atom. The second kappa shape index (κ2) is 5.48. The number of nitrogens with zero attached hydrogens (tertiary/aromatic N) is 1. The van der Waals surface area contributed by atoms with Gasteiger partial charge in [0.1, 0.15) is 10.1 Å². The molecule has 0 atom stereocenters. The molecule has 6 heteroatoms. The highest BCUT2D eigenvalue weighted by Gasteiger charge is 2.21. The molecule has 0 unspecified atom stereocenters. The van der Waals surface area contributed by atoms with Crippen LogP contribution in [0.15, 0.2) is 28.9 Å². The molecule has 0 saturated heterocycles.